The van der Waals surface area contributed by atoms with Crippen molar-refractivity contribution in [3.8, 4) is 34.5 Å². The summed E-state index contributed by atoms with van der Waals surface area (Å²) in [6.07, 6.45) is 0. The number of phenolic OH excluding ortho intramolecular Hbond substituents is 1. The number of urea groups is 1. The molecule has 0 radical (unpaired) electrons. The summed E-state index contributed by atoms with van der Waals surface area (Å²) >= 11 is 0. The maximum absolute atomic E-state index is 11.6. The van der Waals surface area contributed by atoms with Gasteiger partial charge in [-0.05, 0) is 23.8 Å². The lowest BCUT2D eigenvalue weighted by atomic mass is 9.96. The number of phenols is 1. The standard InChI is InChI=1S/C18H20N2O7/c1-23-14-4-9(5-15(24-2)17(14)25-3)16(20-18(19)22)10-6-12-13(7-11(10)21)27-8-26-12/h4-7,16,21H,8H2,1-3H3,(H3,19,20,22). The van der Waals surface area contributed by atoms with Crippen LogP contribution < -0.4 is 34.7 Å². The van der Waals surface area contributed by atoms with E-state index in [1.165, 1.54) is 27.4 Å². The summed E-state index contributed by atoms with van der Waals surface area (Å²) in [7, 11) is 4.45. The van der Waals surface area contributed by atoms with Crippen LogP contribution in [0.4, 0.5) is 4.79 Å². The Morgan fingerprint density at radius 1 is 1.07 bits per heavy atom. The number of amides is 2. The highest BCUT2D eigenvalue weighted by molar-refractivity contribution is 5.73. The molecule has 0 aromatic heterocycles. The molecule has 3 rings (SSSR count). The molecule has 0 saturated carbocycles. The van der Waals surface area contributed by atoms with Crippen molar-refractivity contribution in [2.75, 3.05) is 28.1 Å². The van der Waals surface area contributed by atoms with Gasteiger partial charge in [0.2, 0.25) is 12.5 Å². The molecule has 144 valence electrons. The van der Waals surface area contributed by atoms with Gasteiger partial charge in [0.05, 0.1) is 27.4 Å². The van der Waals surface area contributed by atoms with E-state index in [-0.39, 0.29) is 12.5 Å². The average molecular weight is 376 g/mol. The minimum atomic E-state index is -0.800. The lowest BCUT2D eigenvalue weighted by Gasteiger charge is -2.22. The van der Waals surface area contributed by atoms with Crippen LogP contribution in [0.3, 0.4) is 0 Å². The molecule has 1 unspecified atom stereocenters. The average Bonchev–Trinajstić information content (AvgIpc) is 3.11. The number of hydrogen-bond acceptors (Lipinski definition) is 7. The van der Waals surface area contributed by atoms with E-state index in [0.717, 1.165) is 0 Å². The van der Waals surface area contributed by atoms with Crippen molar-refractivity contribution in [1.82, 2.24) is 5.32 Å². The highest BCUT2D eigenvalue weighted by Gasteiger charge is 2.26. The second-order valence-electron chi connectivity index (χ2n) is 5.66. The molecule has 0 bridgehead atoms. The number of methoxy groups -OCH3 is 3. The van der Waals surface area contributed by atoms with Gasteiger partial charge in [-0.3, -0.25) is 0 Å². The number of nitrogens with one attached hydrogen (secondary N) is 1. The number of primary amides is 1. The van der Waals surface area contributed by atoms with Gasteiger partial charge in [-0.1, -0.05) is 0 Å². The topological polar surface area (TPSA) is 122 Å². The van der Waals surface area contributed by atoms with Crippen molar-refractivity contribution in [2.45, 2.75) is 6.04 Å². The third-order valence-electron chi connectivity index (χ3n) is 4.14. The molecule has 1 atom stereocenters. The molecule has 1 aliphatic rings. The Bertz CT molecular complexity index is 844. The summed E-state index contributed by atoms with van der Waals surface area (Å²) in [4.78, 5) is 11.6. The lowest BCUT2D eigenvalue weighted by Crippen LogP contribution is -2.33. The molecule has 9 nitrogen and oxygen atoms in total. The molecule has 0 spiro atoms. The lowest BCUT2D eigenvalue weighted by molar-refractivity contribution is 0.174. The van der Waals surface area contributed by atoms with E-state index in [0.29, 0.717) is 39.9 Å². The first-order valence-corrected chi connectivity index (χ1v) is 7.96. The van der Waals surface area contributed by atoms with E-state index in [1.54, 1.807) is 18.2 Å². The van der Waals surface area contributed by atoms with Gasteiger partial charge in [-0.2, -0.15) is 0 Å². The van der Waals surface area contributed by atoms with Crippen LogP contribution in [-0.2, 0) is 0 Å². The monoisotopic (exact) mass is 376 g/mol. The molecule has 4 N–H and O–H groups in total. The second kappa shape index (κ2) is 7.40. The van der Waals surface area contributed by atoms with Crippen LogP contribution in [0, 0.1) is 0 Å². The summed E-state index contributed by atoms with van der Waals surface area (Å²) < 4.78 is 26.7. The first-order valence-electron chi connectivity index (χ1n) is 7.96. The summed E-state index contributed by atoms with van der Waals surface area (Å²) in [6, 6.07) is 4.75. The quantitative estimate of drug-likeness (QED) is 0.704. The van der Waals surface area contributed by atoms with Gasteiger partial charge in [0, 0.05) is 11.6 Å². The zero-order chi connectivity index (χ0) is 19.6. The number of rotatable bonds is 6. The molecular weight excluding hydrogens is 356 g/mol. The summed E-state index contributed by atoms with van der Waals surface area (Å²) in [5.74, 6) is 1.96. The molecule has 2 aromatic carbocycles. The fourth-order valence-corrected chi connectivity index (χ4v) is 2.93. The summed E-state index contributed by atoms with van der Waals surface area (Å²) in [5, 5.41) is 13.1. The van der Waals surface area contributed by atoms with Crippen LogP contribution in [0.2, 0.25) is 0 Å². The van der Waals surface area contributed by atoms with E-state index in [4.69, 9.17) is 29.4 Å². The van der Waals surface area contributed by atoms with Gasteiger partial charge in [0.25, 0.3) is 0 Å². The van der Waals surface area contributed by atoms with Crippen LogP contribution in [0.5, 0.6) is 34.5 Å². The largest absolute Gasteiger partial charge is 0.507 e. The predicted octanol–water partition coefficient (Wildman–Crippen LogP) is 1.90. The van der Waals surface area contributed by atoms with E-state index >= 15 is 0 Å². The highest BCUT2D eigenvalue weighted by Crippen LogP contribution is 2.44. The third-order valence-corrected chi connectivity index (χ3v) is 4.14. The van der Waals surface area contributed by atoms with Crippen molar-refractivity contribution >= 4 is 6.03 Å². The molecule has 0 aliphatic carbocycles. The van der Waals surface area contributed by atoms with Crippen molar-refractivity contribution in [3.05, 3.63) is 35.4 Å². The predicted molar refractivity (Wildman–Crippen MR) is 94.9 cm³/mol. The molecule has 2 aromatic rings. The number of ether oxygens (including phenoxy) is 5. The molecule has 1 aliphatic heterocycles. The number of hydrogen-bond donors (Lipinski definition) is 3. The Hall–Kier alpha value is -3.49. The number of carbonyl (C=O) groups is 1. The normalized spacial score (nSPS) is 13.0. The molecular formula is C18H20N2O7. The zero-order valence-corrected chi connectivity index (χ0v) is 15.1. The van der Waals surface area contributed by atoms with Gasteiger partial charge in [-0.25, -0.2) is 4.79 Å². The molecule has 2 amide bonds. The van der Waals surface area contributed by atoms with Crippen molar-refractivity contribution in [2.24, 2.45) is 5.73 Å². The van der Waals surface area contributed by atoms with E-state index in [2.05, 4.69) is 5.32 Å². The van der Waals surface area contributed by atoms with Crippen molar-refractivity contribution in [3.63, 3.8) is 0 Å². The summed E-state index contributed by atoms with van der Waals surface area (Å²) in [5.41, 5.74) is 6.27. The minimum Gasteiger partial charge on any atom is -0.507 e. The number of fused-ring (bicyclic) bond motifs is 1. The molecule has 9 heteroatoms. The smallest absolute Gasteiger partial charge is 0.312 e. The van der Waals surface area contributed by atoms with E-state index in [9.17, 15) is 9.90 Å². The zero-order valence-electron chi connectivity index (χ0n) is 15.1. The van der Waals surface area contributed by atoms with E-state index < -0.39 is 12.1 Å². The second-order valence-corrected chi connectivity index (χ2v) is 5.66. The van der Waals surface area contributed by atoms with Gasteiger partial charge < -0.3 is 39.8 Å². The van der Waals surface area contributed by atoms with Crippen LogP contribution >= 0.6 is 0 Å². The number of nitrogens with two attached hydrogens (primary N) is 1. The van der Waals surface area contributed by atoms with E-state index in [1.807, 2.05) is 0 Å². The Morgan fingerprint density at radius 3 is 2.19 bits per heavy atom. The van der Waals surface area contributed by atoms with Crippen LogP contribution in [0.15, 0.2) is 24.3 Å². The molecule has 1 heterocycles. The minimum absolute atomic E-state index is 0.0519. The van der Waals surface area contributed by atoms with Gasteiger partial charge >= 0.3 is 6.03 Å². The van der Waals surface area contributed by atoms with Crippen LogP contribution in [0.25, 0.3) is 0 Å². The SMILES string of the molecule is COc1cc(C(NC(N)=O)c2cc3c(cc2O)OCO3)cc(OC)c1OC. The van der Waals surface area contributed by atoms with Crippen molar-refractivity contribution < 1.29 is 33.6 Å². The van der Waals surface area contributed by atoms with Gasteiger partial charge in [0.1, 0.15) is 5.75 Å². The Balaban J connectivity index is 2.15. The van der Waals surface area contributed by atoms with Gasteiger partial charge in [-0.15, -0.1) is 0 Å². The van der Waals surface area contributed by atoms with Crippen molar-refractivity contribution in [1.29, 1.82) is 0 Å². The maximum Gasteiger partial charge on any atom is 0.312 e. The number of carbonyl (C=O) groups excluding carboxylic acids is 1. The van der Waals surface area contributed by atoms with Crippen LogP contribution in [-0.4, -0.2) is 39.3 Å². The van der Waals surface area contributed by atoms with Crippen LogP contribution in [0.1, 0.15) is 17.2 Å². The Kier molecular flexibility index (Phi) is 5.02. The highest BCUT2D eigenvalue weighted by atomic mass is 16.7. The maximum atomic E-state index is 11.6. The first kappa shape index (κ1) is 18.3. The number of benzene rings is 2. The first-order chi connectivity index (χ1) is 13.0. The Morgan fingerprint density at radius 2 is 1.67 bits per heavy atom. The molecule has 0 saturated heterocycles. The third kappa shape index (κ3) is 3.43. The fraction of sp³-hybridized carbons (Fsp3) is 0.278. The molecule has 0 fully saturated rings. The summed E-state index contributed by atoms with van der Waals surface area (Å²) in [6.45, 7) is 0.0519. The Labute approximate surface area is 155 Å². The number of aromatic hydroxyl groups is 1. The van der Waals surface area contributed by atoms with Gasteiger partial charge in [0.15, 0.2) is 23.0 Å². The fourth-order valence-electron chi connectivity index (χ4n) is 2.93. The molecule has 27 heavy (non-hydrogen) atoms.